The summed E-state index contributed by atoms with van der Waals surface area (Å²) in [5, 5.41) is 2.50. The molecule has 2 amide bonds. The number of piperidine rings is 1. The molecule has 148 valence electrons. The van der Waals surface area contributed by atoms with Crippen molar-refractivity contribution in [2.75, 3.05) is 19.8 Å². The van der Waals surface area contributed by atoms with Gasteiger partial charge in [0.05, 0.1) is 12.2 Å². The van der Waals surface area contributed by atoms with Gasteiger partial charge in [-0.25, -0.2) is 0 Å². The molecule has 0 saturated carbocycles. The Morgan fingerprint density at radius 2 is 1.81 bits per heavy atom. The van der Waals surface area contributed by atoms with Crippen molar-refractivity contribution in [2.24, 2.45) is 0 Å². The summed E-state index contributed by atoms with van der Waals surface area (Å²) in [6.45, 7) is 5.66. The van der Waals surface area contributed by atoms with E-state index in [2.05, 4.69) is 5.32 Å². The fourth-order valence-electron chi connectivity index (χ4n) is 3.36. The number of esters is 1. The van der Waals surface area contributed by atoms with Crippen molar-refractivity contribution in [1.82, 2.24) is 10.2 Å². The number of para-hydroxylation sites is 1. The minimum atomic E-state index is -0.650. The highest BCUT2D eigenvalue weighted by molar-refractivity contribution is 5.98. The maximum atomic E-state index is 12.3. The highest BCUT2D eigenvalue weighted by atomic mass is 16.5. The lowest BCUT2D eigenvalue weighted by atomic mass is 9.97. The predicted molar refractivity (Wildman–Crippen MR) is 101 cm³/mol. The summed E-state index contributed by atoms with van der Waals surface area (Å²) in [5.74, 6) is -0.825. The second-order valence-electron chi connectivity index (χ2n) is 6.70. The Kier molecular flexibility index (Phi) is 7.64. The van der Waals surface area contributed by atoms with Crippen molar-refractivity contribution in [1.29, 1.82) is 0 Å². The Morgan fingerprint density at radius 3 is 2.48 bits per heavy atom. The molecule has 1 fully saturated rings. The first-order valence-electron chi connectivity index (χ1n) is 9.40. The van der Waals surface area contributed by atoms with Crippen LogP contribution in [0.2, 0.25) is 0 Å². The standard InChI is InChI=1S/C20H28N2O5/c1-4-26-17-11-6-5-10-16(17)20(25)21-12-19(24)27-13-18(23)22-14(2)8-7-9-15(22)3/h5-6,10-11,14-15H,4,7-9,12-13H2,1-3H3,(H,21,25)/t14-,15-/m0/s1. The largest absolute Gasteiger partial charge is 0.493 e. The van der Waals surface area contributed by atoms with Gasteiger partial charge >= 0.3 is 5.97 Å². The van der Waals surface area contributed by atoms with Gasteiger partial charge < -0.3 is 19.7 Å². The van der Waals surface area contributed by atoms with Gasteiger partial charge in [-0.15, -0.1) is 0 Å². The van der Waals surface area contributed by atoms with Gasteiger partial charge in [0, 0.05) is 12.1 Å². The molecular formula is C20H28N2O5. The Balaban J connectivity index is 1.81. The summed E-state index contributed by atoms with van der Waals surface area (Å²) in [5.41, 5.74) is 0.346. The fourth-order valence-corrected chi connectivity index (χ4v) is 3.36. The van der Waals surface area contributed by atoms with Gasteiger partial charge in [0.15, 0.2) is 6.61 Å². The van der Waals surface area contributed by atoms with Gasteiger partial charge in [0.2, 0.25) is 0 Å². The van der Waals surface area contributed by atoms with Gasteiger partial charge in [-0.1, -0.05) is 12.1 Å². The number of nitrogens with zero attached hydrogens (tertiary/aromatic N) is 1. The van der Waals surface area contributed by atoms with Crippen LogP contribution in [0.3, 0.4) is 0 Å². The summed E-state index contributed by atoms with van der Waals surface area (Å²) in [6, 6.07) is 7.09. The molecule has 1 aliphatic heterocycles. The normalized spacial score (nSPS) is 19.3. The lowest BCUT2D eigenvalue weighted by Crippen LogP contribution is -2.49. The van der Waals surface area contributed by atoms with Crippen molar-refractivity contribution in [2.45, 2.75) is 52.1 Å². The minimum Gasteiger partial charge on any atom is -0.493 e. The Morgan fingerprint density at radius 1 is 1.15 bits per heavy atom. The molecule has 0 bridgehead atoms. The highest BCUT2D eigenvalue weighted by Crippen LogP contribution is 2.22. The zero-order valence-corrected chi connectivity index (χ0v) is 16.2. The SMILES string of the molecule is CCOc1ccccc1C(=O)NCC(=O)OCC(=O)N1[C@@H](C)CCC[C@@H]1C. The fraction of sp³-hybridized carbons (Fsp3) is 0.550. The molecular weight excluding hydrogens is 348 g/mol. The number of benzene rings is 1. The van der Waals surface area contributed by atoms with Crippen molar-refractivity contribution in [3.63, 3.8) is 0 Å². The first kappa shape index (κ1) is 20.7. The first-order valence-corrected chi connectivity index (χ1v) is 9.40. The van der Waals surface area contributed by atoms with Gasteiger partial charge in [-0.2, -0.15) is 0 Å². The van der Waals surface area contributed by atoms with Crippen molar-refractivity contribution in [3.05, 3.63) is 29.8 Å². The molecule has 1 aliphatic rings. The third-order valence-corrected chi connectivity index (χ3v) is 4.66. The maximum Gasteiger partial charge on any atom is 0.325 e. The van der Waals surface area contributed by atoms with E-state index in [-0.39, 0.29) is 31.1 Å². The van der Waals surface area contributed by atoms with Gasteiger partial charge in [0.1, 0.15) is 12.3 Å². The van der Waals surface area contributed by atoms with Crippen LogP contribution >= 0.6 is 0 Å². The number of likely N-dealkylation sites (tertiary alicyclic amines) is 1. The van der Waals surface area contributed by atoms with Crippen LogP contribution in [-0.2, 0) is 14.3 Å². The molecule has 0 spiro atoms. The molecule has 0 unspecified atom stereocenters. The number of carbonyl (C=O) groups is 3. The number of amides is 2. The Bertz CT molecular complexity index is 666. The smallest absolute Gasteiger partial charge is 0.325 e. The summed E-state index contributed by atoms with van der Waals surface area (Å²) in [6.07, 6.45) is 3.01. The van der Waals surface area contributed by atoms with Crippen LogP contribution in [-0.4, -0.2) is 54.5 Å². The van der Waals surface area contributed by atoms with E-state index >= 15 is 0 Å². The van der Waals surface area contributed by atoms with E-state index in [1.54, 1.807) is 29.2 Å². The number of carbonyl (C=O) groups excluding carboxylic acids is 3. The molecule has 0 aromatic heterocycles. The summed E-state index contributed by atoms with van der Waals surface area (Å²) >= 11 is 0. The number of nitrogens with one attached hydrogen (secondary N) is 1. The minimum absolute atomic E-state index is 0.148. The second kappa shape index (κ2) is 9.94. The quantitative estimate of drug-likeness (QED) is 0.737. The van der Waals surface area contributed by atoms with Crippen molar-refractivity contribution in [3.8, 4) is 5.75 Å². The van der Waals surface area contributed by atoms with Crippen LogP contribution < -0.4 is 10.1 Å². The van der Waals surface area contributed by atoms with E-state index in [9.17, 15) is 14.4 Å². The Hall–Kier alpha value is -2.57. The van der Waals surface area contributed by atoms with Gasteiger partial charge in [-0.05, 0) is 52.2 Å². The van der Waals surface area contributed by atoms with Crippen LogP contribution in [0.4, 0.5) is 0 Å². The van der Waals surface area contributed by atoms with E-state index < -0.39 is 11.9 Å². The first-order chi connectivity index (χ1) is 12.9. The van der Waals surface area contributed by atoms with E-state index in [1.165, 1.54) is 0 Å². The lowest BCUT2D eigenvalue weighted by Gasteiger charge is -2.38. The van der Waals surface area contributed by atoms with E-state index in [0.717, 1.165) is 19.3 Å². The zero-order chi connectivity index (χ0) is 19.8. The Labute approximate surface area is 160 Å². The molecule has 2 atom stereocenters. The van der Waals surface area contributed by atoms with Gasteiger partial charge in [-0.3, -0.25) is 14.4 Å². The van der Waals surface area contributed by atoms with Crippen molar-refractivity contribution < 1.29 is 23.9 Å². The summed E-state index contributed by atoms with van der Waals surface area (Å²) < 4.78 is 10.4. The van der Waals surface area contributed by atoms with E-state index in [0.29, 0.717) is 17.9 Å². The molecule has 27 heavy (non-hydrogen) atoms. The average Bonchev–Trinajstić information content (AvgIpc) is 2.65. The third-order valence-electron chi connectivity index (χ3n) is 4.66. The van der Waals surface area contributed by atoms with E-state index in [4.69, 9.17) is 9.47 Å². The monoisotopic (exact) mass is 376 g/mol. The zero-order valence-electron chi connectivity index (χ0n) is 16.2. The van der Waals surface area contributed by atoms with Crippen LogP contribution in [0.1, 0.15) is 50.4 Å². The topological polar surface area (TPSA) is 84.9 Å². The number of hydrogen-bond donors (Lipinski definition) is 1. The molecule has 1 N–H and O–H groups in total. The van der Waals surface area contributed by atoms with Gasteiger partial charge in [0.25, 0.3) is 11.8 Å². The third kappa shape index (κ3) is 5.70. The van der Waals surface area contributed by atoms with Crippen LogP contribution in [0, 0.1) is 0 Å². The van der Waals surface area contributed by atoms with Crippen LogP contribution in [0.25, 0.3) is 0 Å². The molecule has 1 aromatic carbocycles. The molecule has 1 aromatic rings. The molecule has 7 nitrogen and oxygen atoms in total. The average molecular weight is 376 g/mol. The molecule has 2 rings (SSSR count). The van der Waals surface area contributed by atoms with E-state index in [1.807, 2.05) is 20.8 Å². The number of ether oxygens (including phenoxy) is 2. The second-order valence-corrected chi connectivity index (χ2v) is 6.70. The number of hydrogen-bond acceptors (Lipinski definition) is 5. The lowest BCUT2D eigenvalue weighted by molar-refractivity contribution is -0.154. The summed E-state index contributed by atoms with van der Waals surface area (Å²) in [7, 11) is 0. The molecule has 7 heteroatoms. The number of rotatable bonds is 7. The molecule has 0 aliphatic carbocycles. The maximum absolute atomic E-state index is 12.3. The highest BCUT2D eigenvalue weighted by Gasteiger charge is 2.29. The van der Waals surface area contributed by atoms with Crippen LogP contribution in [0.5, 0.6) is 5.75 Å². The molecule has 1 heterocycles. The van der Waals surface area contributed by atoms with Crippen LogP contribution in [0.15, 0.2) is 24.3 Å². The summed E-state index contributed by atoms with van der Waals surface area (Å²) in [4.78, 5) is 38.3. The predicted octanol–water partition coefficient (Wildman–Crippen LogP) is 2.15. The molecule has 1 saturated heterocycles. The van der Waals surface area contributed by atoms with Crippen molar-refractivity contribution >= 4 is 17.8 Å². The molecule has 0 radical (unpaired) electrons.